The number of likely N-dealkylation sites (tertiary alicyclic amines) is 1. The van der Waals surface area contributed by atoms with Gasteiger partial charge in [0.15, 0.2) is 0 Å². The molecule has 5 aliphatic rings. The van der Waals surface area contributed by atoms with Crippen molar-refractivity contribution in [2.45, 2.75) is 95.0 Å². The molecule has 3 fully saturated rings. The Morgan fingerprint density at radius 2 is 1.89 bits per heavy atom. The molecule has 4 heterocycles. The first-order valence-electron chi connectivity index (χ1n) is 13.9. The maximum atomic E-state index is 14.4. The first-order chi connectivity index (χ1) is 17.4. The van der Waals surface area contributed by atoms with Crippen LogP contribution < -0.4 is 0 Å². The zero-order valence-electron chi connectivity index (χ0n) is 21.5. The van der Waals surface area contributed by atoms with E-state index in [9.17, 15) is 19.5 Å². The van der Waals surface area contributed by atoms with Gasteiger partial charge in [-0.1, -0.05) is 63.8 Å². The highest BCUT2D eigenvalue weighted by molar-refractivity contribution is 5.99. The fourth-order valence-electron chi connectivity index (χ4n) is 7.10. The summed E-state index contributed by atoms with van der Waals surface area (Å²) in [5.74, 6) is -2.59. The van der Waals surface area contributed by atoms with Gasteiger partial charge >= 0.3 is 5.97 Å². The normalized spacial score (nSPS) is 37.7. The summed E-state index contributed by atoms with van der Waals surface area (Å²) < 4.78 is 12.2. The summed E-state index contributed by atoms with van der Waals surface area (Å²) in [7, 11) is 0. The van der Waals surface area contributed by atoms with Crippen molar-refractivity contribution in [2.24, 2.45) is 17.8 Å². The van der Waals surface area contributed by atoms with Gasteiger partial charge in [-0.2, -0.15) is 0 Å². The van der Waals surface area contributed by atoms with E-state index in [1.54, 1.807) is 4.90 Å². The number of carbonyl (C=O) groups excluding carboxylic acids is 3. The second-order valence-electron chi connectivity index (χ2n) is 11.1. The van der Waals surface area contributed by atoms with Crippen LogP contribution in [0.1, 0.15) is 65.2 Å². The molecule has 198 valence electrons. The second kappa shape index (κ2) is 10.3. The van der Waals surface area contributed by atoms with E-state index >= 15 is 0 Å². The molecule has 1 aliphatic carbocycles. The Labute approximate surface area is 213 Å². The van der Waals surface area contributed by atoms with Gasteiger partial charge in [0.1, 0.15) is 17.6 Å². The number of ether oxygens (including phenoxy) is 2. The van der Waals surface area contributed by atoms with Crippen molar-refractivity contribution in [1.82, 2.24) is 9.80 Å². The van der Waals surface area contributed by atoms with Crippen LogP contribution in [-0.2, 0) is 23.9 Å². The Bertz CT molecular complexity index is 927. The van der Waals surface area contributed by atoms with Crippen molar-refractivity contribution in [3.63, 3.8) is 0 Å². The van der Waals surface area contributed by atoms with Gasteiger partial charge in [-0.25, -0.2) is 0 Å². The topological polar surface area (TPSA) is 96.4 Å². The van der Waals surface area contributed by atoms with Crippen molar-refractivity contribution in [3.05, 3.63) is 24.3 Å². The van der Waals surface area contributed by atoms with Crippen molar-refractivity contribution in [3.8, 4) is 0 Å². The lowest BCUT2D eigenvalue weighted by Gasteiger charge is -2.42. The van der Waals surface area contributed by atoms with E-state index in [0.29, 0.717) is 13.2 Å². The fraction of sp³-hybridized carbons (Fsp3) is 0.750. The average molecular weight is 501 g/mol. The number of fused-ring (bicyclic) bond motifs is 2. The number of hydrogen-bond acceptors (Lipinski definition) is 6. The smallest absolute Gasteiger partial charge is 0.312 e. The van der Waals surface area contributed by atoms with Crippen molar-refractivity contribution in [2.75, 3.05) is 19.8 Å². The SMILES string of the molecule is CC[C@H](C)[C@H](CO)N1C(=O)[C@@H]2[C@H]3C(=O)OCCC/C=C\[C@H]3O[C@@]23C=CCN(C2CCCCC2)C(=O)C13. The van der Waals surface area contributed by atoms with Crippen LogP contribution in [0.15, 0.2) is 24.3 Å². The van der Waals surface area contributed by atoms with Gasteiger partial charge < -0.3 is 24.4 Å². The first kappa shape index (κ1) is 25.5. The quantitative estimate of drug-likeness (QED) is 0.461. The molecule has 4 aliphatic heterocycles. The van der Waals surface area contributed by atoms with Crippen LogP contribution in [0, 0.1) is 17.8 Å². The summed E-state index contributed by atoms with van der Waals surface area (Å²) >= 11 is 0. The molecular formula is C28H40N2O6. The van der Waals surface area contributed by atoms with Gasteiger partial charge in [0.05, 0.1) is 31.3 Å². The summed E-state index contributed by atoms with van der Waals surface area (Å²) in [6.45, 7) is 4.51. The molecule has 0 bridgehead atoms. The molecule has 1 unspecified atom stereocenters. The third-order valence-corrected chi connectivity index (χ3v) is 9.18. The largest absolute Gasteiger partial charge is 0.465 e. The van der Waals surface area contributed by atoms with Crippen LogP contribution in [0.5, 0.6) is 0 Å². The Kier molecular flexibility index (Phi) is 7.27. The zero-order valence-corrected chi connectivity index (χ0v) is 21.5. The third kappa shape index (κ3) is 4.01. The number of aliphatic hydroxyl groups is 1. The summed E-state index contributed by atoms with van der Waals surface area (Å²) in [5, 5.41) is 10.5. The second-order valence-corrected chi connectivity index (χ2v) is 11.1. The Hall–Kier alpha value is -2.19. The molecule has 1 N–H and O–H groups in total. The summed E-state index contributed by atoms with van der Waals surface area (Å²) in [6.07, 6.45) is 14.5. The standard InChI is InChI=1S/C28H40N2O6/c1-3-18(2)20(17-31)30-24-26(33)29(19-11-6-4-7-12-19)15-10-14-28(24)23(25(30)32)22-21(36-28)13-8-5-9-16-35-27(22)34/h8,10,13-14,18-24,31H,3-7,9,11-12,15-17H2,1-2H3/b13-8-/t18-,20-,21+,22-,23-,24?,28-/m0/s1. The first-order valence-corrected chi connectivity index (χ1v) is 13.9. The highest BCUT2D eigenvalue weighted by Gasteiger charge is 2.72. The lowest BCUT2D eigenvalue weighted by molar-refractivity contribution is -0.157. The molecule has 7 atom stereocenters. The van der Waals surface area contributed by atoms with E-state index in [0.717, 1.165) is 44.9 Å². The minimum absolute atomic E-state index is 0.0267. The predicted octanol–water partition coefficient (Wildman–Crippen LogP) is 2.60. The number of aliphatic hydroxyl groups excluding tert-OH is 1. The van der Waals surface area contributed by atoms with E-state index in [-0.39, 0.29) is 30.4 Å². The van der Waals surface area contributed by atoms with Crippen molar-refractivity contribution in [1.29, 1.82) is 0 Å². The van der Waals surface area contributed by atoms with Crippen LogP contribution >= 0.6 is 0 Å². The number of nitrogens with zero attached hydrogens (tertiary/aromatic N) is 2. The van der Waals surface area contributed by atoms with Gasteiger partial charge in [0.2, 0.25) is 11.8 Å². The van der Waals surface area contributed by atoms with Crippen LogP contribution in [0.2, 0.25) is 0 Å². The summed E-state index contributed by atoms with van der Waals surface area (Å²) in [4.78, 5) is 45.5. The maximum absolute atomic E-state index is 14.4. The number of carbonyl (C=O) groups is 3. The van der Waals surface area contributed by atoms with E-state index in [2.05, 4.69) is 0 Å². The summed E-state index contributed by atoms with van der Waals surface area (Å²) in [6, 6.07) is -1.33. The molecule has 0 radical (unpaired) electrons. The van der Waals surface area contributed by atoms with Crippen LogP contribution in [0.25, 0.3) is 0 Å². The molecule has 1 saturated carbocycles. The minimum Gasteiger partial charge on any atom is -0.465 e. The number of amides is 2. The minimum atomic E-state index is -1.27. The predicted molar refractivity (Wildman–Crippen MR) is 133 cm³/mol. The number of allylic oxidation sites excluding steroid dienone is 1. The average Bonchev–Trinajstić information content (AvgIpc) is 3.30. The molecule has 1 spiro atoms. The van der Waals surface area contributed by atoms with Gasteiger partial charge in [0.25, 0.3) is 0 Å². The summed E-state index contributed by atoms with van der Waals surface area (Å²) in [5.41, 5.74) is -1.27. The molecule has 0 aromatic carbocycles. The molecule has 8 nitrogen and oxygen atoms in total. The van der Waals surface area contributed by atoms with Crippen LogP contribution in [0.3, 0.4) is 0 Å². The molecule has 2 saturated heterocycles. The molecule has 2 amide bonds. The zero-order chi connectivity index (χ0) is 25.4. The van der Waals surface area contributed by atoms with E-state index in [4.69, 9.17) is 9.47 Å². The van der Waals surface area contributed by atoms with E-state index < -0.39 is 41.6 Å². The Morgan fingerprint density at radius 3 is 2.61 bits per heavy atom. The van der Waals surface area contributed by atoms with Gasteiger partial charge in [-0.3, -0.25) is 14.4 Å². The lowest BCUT2D eigenvalue weighted by atomic mass is 9.78. The Morgan fingerprint density at radius 1 is 1.11 bits per heavy atom. The number of hydrogen-bond donors (Lipinski definition) is 1. The van der Waals surface area contributed by atoms with Crippen molar-refractivity contribution >= 4 is 17.8 Å². The van der Waals surface area contributed by atoms with E-state index in [1.807, 2.05) is 43.1 Å². The van der Waals surface area contributed by atoms with Gasteiger partial charge in [-0.05, 0) is 31.6 Å². The van der Waals surface area contributed by atoms with Gasteiger partial charge in [-0.15, -0.1) is 0 Å². The monoisotopic (exact) mass is 500 g/mol. The Balaban J connectivity index is 1.62. The number of esters is 1. The molecule has 8 heteroatoms. The van der Waals surface area contributed by atoms with E-state index in [1.165, 1.54) is 6.42 Å². The van der Waals surface area contributed by atoms with Gasteiger partial charge in [0, 0.05) is 12.6 Å². The third-order valence-electron chi connectivity index (χ3n) is 9.18. The molecular weight excluding hydrogens is 460 g/mol. The molecule has 0 aromatic heterocycles. The van der Waals surface area contributed by atoms with Crippen molar-refractivity contribution < 1.29 is 29.0 Å². The number of rotatable bonds is 5. The fourth-order valence-corrected chi connectivity index (χ4v) is 7.10. The highest BCUT2D eigenvalue weighted by atomic mass is 16.6. The maximum Gasteiger partial charge on any atom is 0.312 e. The van der Waals surface area contributed by atoms with Crippen LogP contribution in [0.4, 0.5) is 0 Å². The molecule has 5 rings (SSSR count). The highest BCUT2D eigenvalue weighted by Crippen LogP contribution is 2.54. The lowest BCUT2D eigenvalue weighted by Crippen LogP contribution is -2.60. The molecule has 36 heavy (non-hydrogen) atoms. The molecule has 0 aromatic rings. The number of cyclic esters (lactones) is 1. The van der Waals surface area contributed by atoms with Crippen LogP contribution in [-0.4, -0.2) is 82.3 Å².